The molecule has 15 nitrogen and oxygen atoms in total. The molecule has 9 heterocycles. The number of thiophene rings is 4. The topological polar surface area (TPSA) is 206 Å². The summed E-state index contributed by atoms with van der Waals surface area (Å²) in [5, 5.41) is 24.4. The van der Waals surface area contributed by atoms with E-state index in [-0.39, 0.29) is 24.6 Å². The van der Waals surface area contributed by atoms with Crippen molar-refractivity contribution in [3.63, 3.8) is 0 Å². The minimum Gasteiger partial charge on any atom is -0.479 e. The predicted molar refractivity (Wildman–Crippen MR) is 503 cm³/mol. The Morgan fingerprint density at radius 2 is 0.683 bits per heavy atom. The molecule has 2 N–H and O–H groups in total. The van der Waals surface area contributed by atoms with Crippen LogP contribution in [0.15, 0.2) is 102 Å². The molecule has 3 aliphatic carbocycles. The maximum Gasteiger partial charge on any atom is 0.416 e. The summed E-state index contributed by atoms with van der Waals surface area (Å²) in [6.45, 7) is 36.6. The van der Waals surface area contributed by atoms with Gasteiger partial charge in [-0.1, -0.05) is 102 Å². The Kier molecular flexibility index (Phi) is 29.7. The molecule has 8 aromatic heterocycles. The van der Waals surface area contributed by atoms with E-state index >= 15 is 0 Å². The molecule has 0 bridgehead atoms. The number of aryl methyl sites for hydroxylation is 11. The Bertz CT molecular complexity index is 5890. The standard InChI is InChI=1S/C26H28F3NO2S.C25H28BrNO2S.C25H27F2NO3S.C24H27NO4S.CH4/c1-14-20(23(15(2)31)32-25(3,4)5)21(16-10-12-17(13-11-16)26(27,28)29)22-18-8-6-7-9-19(18)33-24(22)30-14;1-14-20(23(15(2)28)29-25(3,4)5)21(16-10-12-17(26)13-11-16)22-18-8-6-7-9-19(18)30-24(22)27-14;1-13-18(21(24(29)30)31-25(2,3)4)19(14-9-11-15(12-10-14)22(26)27)20-16-7-5-6-8-17(16)32-23(20)28-13;1-13-6-8-15(9-7-13)19-18(21(23(26)27)29-24(3,4)5)14(2)25-22-20(19)16-10-11-28-12-17(16)30-22;/h10-13,23H,6-9H2,1-5H3;10-13,23H,6-9H2,1-5H3;9-12,21-22H,5-8H2,1-4H3,(H,29,30);6-9,21H,10-12H2,1-5H3,(H,26,27);1H4. The van der Waals surface area contributed by atoms with Gasteiger partial charge in [0, 0.05) is 118 Å². The van der Waals surface area contributed by atoms with Crippen LogP contribution in [-0.4, -0.2) is 82.7 Å². The smallest absolute Gasteiger partial charge is 0.416 e. The molecule has 12 aromatic rings. The molecule has 0 saturated heterocycles. The fourth-order valence-electron chi connectivity index (χ4n) is 17.3. The number of carboxylic acid groups (broad SMARTS) is 2. The monoisotopic (exact) mass is 1860 g/mol. The van der Waals surface area contributed by atoms with Gasteiger partial charge in [-0.25, -0.2) is 38.3 Å². The normalized spacial score (nSPS) is 15.2. The number of Topliss-reactive ketones (excluding diaryl/α,β-unsaturated/α-hetero) is 2. The number of hydrogen-bond donors (Lipinski definition) is 2. The second-order valence-corrected chi connectivity index (χ2v) is 42.1. The zero-order valence-corrected chi connectivity index (χ0v) is 79.3. The van der Waals surface area contributed by atoms with E-state index in [4.69, 9.17) is 43.6 Å². The van der Waals surface area contributed by atoms with Crippen LogP contribution in [0.2, 0.25) is 0 Å². The largest absolute Gasteiger partial charge is 0.479 e. The van der Waals surface area contributed by atoms with E-state index in [2.05, 4.69) is 64.5 Å². The average molecular weight is 1860 g/mol. The van der Waals surface area contributed by atoms with Crippen LogP contribution in [0.1, 0.15) is 277 Å². The second kappa shape index (κ2) is 38.7. The first kappa shape index (κ1) is 96.6. The molecule has 4 atom stereocenters. The summed E-state index contributed by atoms with van der Waals surface area (Å²) in [6.07, 6.45) is 2.76. The molecule has 0 saturated carbocycles. The minimum atomic E-state index is -4.41. The summed E-state index contributed by atoms with van der Waals surface area (Å²) in [4.78, 5) is 78.8. The highest BCUT2D eigenvalue weighted by Crippen LogP contribution is 2.52. The highest BCUT2D eigenvalue weighted by molar-refractivity contribution is 9.10. The van der Waals surface area contributed by atoms with Gasteiger partial charge in [-0.2, -0.15) is 13.2 Å². The van der Waals surface area contributed by atoms with E-state index in [1.54, 1.807) is 60.0 Å². The number of ketones is 2. The number of carbonyl (C=O) groups excluding carboxylic acids is 2. The van der Waals surface area contributed by atoms with Gasteiger partial charge in [-0.05, 0) is 284 Å². The van der Waals surface area contributed by atoms with E-state index in [0.717, 1.165) is 173 Å². The number of aromatic nitrogens is 4. The lowest BCUT2D eigenvalue weighted by molar-refractivity contribution is -0.161. The van der Waals surface area contributed by atoms with Gasteiger partial charge in [-0.15, -0.1) is 45.3 Å². The van der Waals surface area contributed by atoms with E-state index in [1.807, 2.05) is 122 Å². The Balaban J connectivity index is 0.000000152. The van der Waals surface area contributed by atoms with Gasteiger partial charge >= 0.3 is 18.1 Å². The van der Waals surface area contributed by atoms with Crippen molar-refractivity contribution in [3.8, 4) is 44.5 Å². The molecule has 25 heteroatoms. The first-order valence-electron chi connectivity index (χ1n) is 42.7. The minimum absolute atomic E-state index is 0. The number of benzene rings is 4. The van der Waals surface area contributed by atoms with Crippen LogP contribution < -0.4 is 0 Å². The summed E-state index contributed by atoms with van der Waals surface area (Å²) in [6, 6.07) is 28.0. The molecule has 0 radical (unpaired) electrons. The van der Waals surface area contributed by atoms with Crippen LogP contribution in [0.5, 0.6) is 0 Å². The SMILES string of the molecule is C.CC(=O)C(OC(C)(C)C)c1c(C)nc2sc3c(c2c1-c1ccc(Br)cc1)CCCC3.CC(=O)C(OC(C)(C)C)c1c(C)nc2sc3c(c2c1-c1ccc(C(F)(F)F)cc1)CCCC3.Cc1ccc(-c2c(C(OC(C)(C)C)C(=O)O)c(C)nc3sc4c(c23)CCOC4)cc1.Cc1nc2sc3c(c2c(-c2ccc(C(F)F)cc2)c1C(OC(C)(C)C)C(=O)O)CCCC3. The molecule has 0 fully saturated rings. The Morgan fingerprint density at radius 3 is 0.984 bits per heavy atom. The first-order valence-corrected chi connectivity index (χ1v) is 46.7. The van der Waals surface area contributed by atoms with E-state index in [9.17, 15) is 51.3 Å². The number of hydrogen-bond acceptors (Lipinski definition) is 17. The number of alkyl halides is 5. The lowest BCUT2D eigenvalue weighted by atomic mass is 9.87. The lowest BCUT2D eigenvalue weighted by Crippen LogP contribution is -2.28. The molecule has 16 rings (SSSR count). The zero-order chi connectivity index (χ0) is 90.6. The van der Waals surface area contributed by atoms with Crippen LogP contribution in [0.4, 0.5) is 22.0 Å². The molecule has 4 aromatic carbocycles. The van der Waals surface area contributed by atoms with Crippen molar-refractivity contribution in [2.75, 3.05) is 6.61 Å². The summed E-state index contributed by atoms with van der Waals surface area (Å²) in [5.41, 5.74) is 15.6. The quantitative estimate of drug-likeness (QED) is 0.0813. The fourth-order valence-corrected chi connectivity index (χ4v) is 22.8. The third-order valence-corrected chi connectivity index (χ3v) is 27.7. The van der Waals surface area contributed by atoms with Crippen molar-refractivity contribution in [1.82, 2.24) is 19.9 Å². The van der Waals surface area contributed by atoms with Crippen LogP contribution in [0, 0.1) is 34.6 Å². The number of halogens is 6. The molecular weight excluding hydrogens is 1750 g/mol. The van der Waals surface area contributed by atoms with Crippen LogP contribution in [0.25, 0.3) is 85.4 Å². The van der Waals surface area contributed by atoms with Gasteiger partial charge in [0.15, 0.2) is 23.8 Å². The average Bonchev–Trinajstić information content (AvgIpc) is 1.58. The number of pyridine rings is 4. The van der Waals surface area contributed by atoms with Crippen molar-refractivity contribution in [3.05, 3.63) is 205 Å². The zero-order valence-electron chi connectivity index (χ0n) is 74.5. The number of aliphatic carboxylic acids is 2. The summed E-state index contributed by atoms with van der Waals surface area (Å²) < 4.78 is 97.4. The molecule has 4 unspecified atom stereocenters. The number of fused-ring (bicyclic) bond motifs is 12. The molecule has 0 spiro atoms. The highest BCUT2D eigenvalue weighted by atomic mass is 79.9. The van der Waals surface area contributed by atoms with Crippen LogP contribution in [-0.2, 0) is 101 Å². The third kappa shape index (κ3) is 21.5. The summed E-state index contributed by atoms with van der Waals surface area (Å²) >= 11 is 10.3. The Labute approximate surface area is 759 Å². The molecular formula is C101H114BrF5N4O11S4. The predicted octanol–water partition coefficient (Wildman–Crippen LogP) is 28.2. The fraction of sp³-hybridized carbons (Fsp3) is 0.446. The molecule has 670 valence electrons. The number of ether oxygens (including phenoxy) is 5. The number of nitrogens with zero attached hydrogens (tertiary/aromatic N) is 4. The van der Waals surface area contributed by atoms with Crippen molar-refractivity contribution in [1.29, 1.82) is 0 Å². The van der Waals surface area contributed by atoms with Crippen molar-refractivity contribution in [2.45, 2.75) is 288 Å². The van der Waals surface area contributed by atoms with Gasteiger partial charge in [0.1, 0.15) is 31.5 Å². The molecule has 126 heavy (non-hydrogen) atoms. The first-order chi connectivity index (χ1) is 58.7. The third-order valence-electron chi connectivity index (χ3n) is 22.5. The lowest BCUT2D eigenvalue weighted by Gasteiger charge is -2.29. The molecule has 1 aliphatic heterocycles. The highest BCUT2D eigenvalue weighted by Gasteiger charge is 2.40. The summed E-state index contributed by atoms with van der Waals surface area (Å²) in [7, 11) is 0. The maximum atomic E-state index is 13.2. The van der Waals surface area contributed by atoms with Gasteiger partial charge in [0.2, 0.25) is 0 Å². The number of rotatable bonds is 17. The maximum absolute atomic E-state index is 13.2. The van der Waals surface area contributed by atoms with Crippen molar-refractivity contribution in [2.24, 2.45) is 0 Å². The molecule has 4 aliphatic rings. The van der Waals surface area contributed by atoms with E-state index in [0.29, 0.717) is 58.1 Å². The van der Waals surface area contributed by atoms with Gasteiger partial charge in [0.05, 0.1) is 41.2 Å². The Hall–Kier alpha value is -8.47. The number of carbonyl (C=O) groups is 4. The molecule has 0 amide bonds. The van der Waals surface area contributed by atoms with Crippen molar-refractivity contribution < 1.29 is 75.0 Å². The Morgan fingerprint density at radius 1 is 0.405 bits per heavy atom. The second-order valence-electron chi connectivity index (χ2n) is 36.8. The van der Waals surface area contributed by atoms with Crippen molar-refractivity contribution >= 4 is 126 Å². The van der Waals surface area contributed by atoms with Crippen LogP contribution >= 0.6 is 61.3 Å². The van der Waals surface area contributed by atoms with Gasteiger partial charge in [-0.3, -0.25) is 9.59 Å². The van der Waals surface area contributed by atoms with E-state index in [1.165, 1.54) is 91.2 Å². The van der Waals surface area contributed by atoms with Gasteiger partial charge < -0.3 is 33.9 Å². The van der Waals surface area contributed by atoms with Crippen LogP contribution in [0.3, 0.4) is 0 Å². The van der Waals surface area contributed by atoms with E-state index < -0.39 is 76.9 Å². The van der Waals surface area contributed by atoms with Gasteiger partial charge in [0.25, 0.3) is 6.43 Å². The summed E-state index contributed by atoms with van der Waals surface area (Å²) in [5.74, 6) is -2.25. The number of carboxylic acids is 2.